The van der Waals surface area contributed by atoms with Gasteiger partial charge in [0.2, 0.25) is 0 Å². The highest BCUT2D eigenvalue weighted by Crippen LogP contribution is 2.36. The van der Waals surface area contributed by atoms with Crippen molar-refractivity contribution in [3.63, 3.8) is 0 Å². The van der Waals surface area contributed by atoms with Crippen LogP contribution in [-0.4, -0.2) is 53.6 Å². The minimum absolute atomic E-state index is 0.173. The molecule has 9 heteroatoms. The van der Waals surface area contributed by atoms with E-state index in [9.17, 15) is 19.2 Å². The summed E-state index contributed by atoms with van der Waals surface area (Å²) in [5, 5.41) is 7.99. The number of imide groups is 1. The van der Waals surface area contributed by atoms with Crippen molar-refractivity contribution in [3.8, 4) is 0 Å². The highest BCUT2D eigenvalue weighted by molar-refractivity contribution is 6.07. The van der Waals surface area contributed by atoms with Crippen molar-refractivity contribution >= 4 is 23.9 Å². The van der Waals surface area contributed by atoms with Gasteiger partial charge in [-0.3, -0.25) is 9.69 Å². The largest absolute Gasteiger partial charge is 0.463 e. The second-order valence-electron chi connectivity index (χ2n) is 7.52. The molecule has 1 spiro atoms. The normalized spacial score (nSPS) is 30.9. The second kappa shape index (κ2) is 7.21. The summed E-state index contributed by atoms with van der Waals surface area (Å²) in [6.45, 7) is 5.48. The zero-order valence-corrected chi connectivity index (χ0v) is 15.9. The Morgan fingerprint density at radius 3 is 2.52 bits per heavy atom. The lowest BCUT2D eigenvalue weighted by Gasteiger charge is -2.33. The average molecular weight is 378 g/mol. The molecule has 27 heavy (non-hydrogen) atoms. The number of nitrogens with zero attached hydrogens (tertiary/aromatic N) is 1. The Kier molecular flexibility index (Phi) is 5.12. The van der Waals surface area contributed by atoms with Crippen molar-refractivity contribution in [3.05, 3.63) is 11.3 Å². The van der Waals surface area contributed by atoms with E-state index < -0.39 is 29.6 Å². The molecular formula is C18H26N4O5. The first-order valence-electron chi connectivity index (χ1n) is 9.39. The Bertz CT molecular complexity index is 709. The summed E-state index contributed by atoms with van der Waals surface area (Å²) in [6, 6.07) is -1.57. The first kappa shape index (κ1) is 19.2. The molecule has 2 aliphatic heterocycles. The second-order valence-corrected chi connectivity index (χ2v) is 7.52. The van der Waals surface area contributed by atoms with Gasteiger partial charge in [0.25, 0.3) is 5.91 Å². The van der Waals surface area contributed by atoms with E-state index in [1.165, 1.54) is 0 Å². The van der Waals surface area contributed by atoms with Crippen molar-refractivity contribution < 1.29 is 23.9 Å². The molecule has 5 amide bonds. The molecule has 2 heterocycles. The number of carbonyl (C=O) groups excluding carboxylic acids is 4. The molecule has 0 radical (unpaired) electrons. The predicted molar refractivity (Wildman–Crippen MR) is 95.4 cm³/mol. The van der Waals surface area contributed by atoms with E-state index >= 15 is 0 Å². The molecule has 148 valence electrons. The van der Waals surface area contributed by atoms with Gasteiger partial charge in [-0.1, -0.05) is 6.92 Å². The number of nitrogens with one attached hydrogen (secondary N) is 3. The van der Waals surface area contributed by atoms with Crippen LogP contribution in [0.3, 0.4) is 0 Å². The highest BCUT2D eigenvalue weighted by atomic mass is 16.5. The maximum atomic E-state index is 13.0. The summed E-state index contributed by atoms with van der Waals surface area (Å²) in [5.41, 5.74) is -0.429. The van der Waals surface area contributed by atoms with Gasteiger partial charge in [0.15, 0.2) is 0 Å². The van der Waals surface area contributed by atoms with Gasteiger partial charge in [-0.05, 0) is 45.4 Å². The fourth-order valence-corrected chi connectivity index (χ4v) is 3.98. The van der Waals surface area contributed by atoms with E-state index in [4.69, 9.17) is 4.74 Å². The van der Waals surface area contributed by atoms with E-state index in [0.29, 0.717) is 18.8 Å². The van der Waals surface area contributed by atoms with Crippen LogP contribution in [0, 0.1) is 5.92 Å². The highest BCUT2D eigenvalue weighted by Gasteiger charge is 2.52. The van der Waals surface area contributed by atoms with Gasteiger partial charge < -0.3 is 20.7 Å². The first-order chi connectivity index (χ1) is 12.8. The Morgan fingerprint density at radius 1 is 1.22 bits per heavy atom. The monoisotopic (exact) mass is 378 g/mol. The van der Waals surface area contributed by atoms with Gasteiger partial charge in [0.1, 0.15) is 5.54 Å². The number of hydrogen-bond donors (Lipinski definition) is 3. The number of urea groups is 2. The third-order valence-corrected chi connectivity index (χ3v) is 5.56. The standard InChI is InChI=1S/C18H26N4O5/c1-4-27-14(23)13-11(3)19-16(25)20-12(13)9-22-15(24)18(21-17(22)26)7-5-10(2)6-8-18/h10-11H,4-9H2,1-3H3,(H,21,26)(H2,19,20,25). The Hall–Kier alpha value is -2.58. The van der Waals surface area contributed by atoms with Crippen LogP contribution in [0.1, 0.15) is 46.5 Å². The zero-order valence-electron chi connectivity index (χ0n) is 15.9. The fourth-order valence-electron chi connectivity index (χ4n) is 3.98. The maximum Gasteiger partial charge on any atom is 0.337 e. The Labute approximate surface area is 157 Å². The van der Waals surface area contributed by atoms with E-state index in [2.05, 4.69) is 22.9 Å². The lowest BCUT2D eigenvalue weighted by molar-refractivity contribution is -0.139. The van der Waals surface area contributed by atoms with Crippen LogP contribution in [0.25, 0.3) is 0 Å². The van der Waals surface area contributed by atoms with Crippen LogP contribution in [-0.2, 0) is 14.3 Å². The third kappa shape index (κ3) is 3.50. The molecule has 9 nitrogen and oxygen atoms in total. The van der Waals surface area contributed by atoms with Crippen LogP contribution < -0.4 is 16.0 Å². The first-order valence-corrected chi connectivity index (χ1v) is 9.39. The van der Waals surface area contributed by atoms with Crippen molar-refractivity contribution in [1.82, 2.24) is 20.9 Å². The molecule has 1 saturated carbocycles. The third-order valence-electron chi connectivity index (χ3n) is 5.56. The summed E-state index contributed by atoms with van der Waals surface area (Å²) in [7, 11) is 0. The lowest BCUT2D eigenvalue weighted by atomic mass is 9.77. The molecule has 1 atom stereocenters. The fraction of sp³-hybridized carbons (Fsp3) is 0.667. The van der Waals surface area contributed by atoms with Crippen molar-refractivity contribution in [2.24, 2.45) is 5.92 Å². The Morgan fingerprint density at radius 2 is 1.89 bits per heavy atom. The van der Waals surface area contributed by atoms with Crippen molar-refractivity contribution in [2.45, 2.75) is 58.0 Å². The summed E-state index contributed by atoms with van der Waals surface area (Å²) >= 11 is 0. The number of rotatable bonds is 4. The molecule has 1 unspecified atom stereocenters. The van der Waals surface area contributed by atoms with Crippen LogP contribution in [0.2, 0.25) is 0 Å². The molecule has 0 aromatic heterocycles. The molecule has 0 bridgehead atoms. The number of amides is 5. The molecule has 3 N–H and O–H groups in total. The van der Waals surface area contributed by atoms with Gasteiger partial charge in [-0.25, -0.2) is 14.4 Å². The Balaban J connectivity index is 1.86. The van der Waals surface area contributed by atoms with E-state index in [0.717, 1.165) is 17.7 Å². The minimum atomic E-state index is -0.864. The number of ether oxygens (including phenoxy) is 1. The smallest absolute Gasteiger partial charge is 0.337 e. The quantitative estimate of drug-likeness (QED) is 0.498. The van der Waals surface area contributed by atoms with Gasteiger partial charge in [0, 0.05) is 0 Å². The van der Waals surface area contributed by atoms with E-state index in [-0.39, 0.29) is 30.3 Å². The van der Waals surface area contributed by atoms with Crippen molar-refractivity contribution in [2.75, 3.05) is 13.2 Å². The summed E-state index contributed by atoms with van der Waals surface area (Å²) in [5.74, 6) is -0.353. The molecule has 3 rings (SSSR count). The summed E-state index contributed by atoms with van der Waals surface area (Å²) in [4.78, 5) is 50.8. The number of hydrogen-bond acceptors (Lipinski definition) is 5. The number of carbonyl (C=O) groups is 4. The SMILES string of the molecule is CCOC(=O)C1=C(CN2C(=O)NC3(CCC(C)CC3)C2=O)NC(=O)NC1C. The maximum absolute atomic E-state index is 13.0. The van der Waals surface area contributed by atoms with Crippen LogP contribution in [0.15, 0.2) is 11.3 Å². The molecular weight excluding hydrogens is 352 g/mol. The molecule has 0 aromatic rings. The van der Waals surface area contributed by atoms with Gasteiger partial charge >= 0.3 is 18.0 Å². The average Bonchev–Trinajstić information content (AvgIpc) is 2.82. The molecule has 0 aromatic carbocycles. The number of esters is 1. The molecule has 3 aliphatic rings. The summed E-state index contributed by atoms with van der Waals surface area (Å²) in [6.07, 6.45) is 2.94. The van der Waals surface area contributed by atoms with Crippen LogP contribution >= 0.6 is 0 Å². The van der Waals surface area contributed by atoms with Gasteiger partial charge in [-0.2, -0.15) is 0 Å². The van der Waals surface area contributed by atoms with Crippen LogP contribution in [0.5, 0.6) is 0 Å². The molecule has 1 aliphatic carbocycles. The van der Waals surface area contributed by atoms with Gasteiger partial charge in [0.05, 0.1) is 30.5 Å². The minimum Gasteiger partial charge on any atom is -0.463 e. The van der Waals surface area contributed by atoms with Gasteiger partial charge in [-0.15, -0.1) is 0 Å². The van der Waals surface area contributed by atoms with Crippen LogP contribution in [0.4, 0.5) is 9.59 Å². The predicted octanol–water partition coefficient (Wildman–Crippen LogP) is 1.01. The topological polar surface area (TPSA) is 117 Å². The van der Waals surface area contributed by atoms with E-state index in [1.54, 1.807) is 13.8 Å². The lowest BCUT2D eigenvalue weighted by Crippen LogP contribution is -2.52. The molecule has 2 fully saturated rings. The van der Waals surface area contributed by atoms with E-state index in [1.807, 2.05) is 0 Å². The zero-order chi connectivity index (χ0) is 19.8. The molecule has 1 saturated heterocycles. The van der Waals surface area contributed by atoms with Crippen molar-refractivity contribution in [1.29, 1.82) is 0 Å². The summed E-state index contributed by atoms with van der Waals surface area (Å²) < 4.78 is 5.06.